The van der Waals surface area contributed by atoms with E-state index in [-0.39, 0.29) is 5.56 Å². The van der Waals surface area contributed by atoms with Crippen molar-refractivity contribution in [3.63, 3.8) is 0 Å². The van der Waals surface area contributed by atoms with Gasteiger partial charge in [-0.05, 0) is 56.6 Å². The number of benzene rings is 1. The lowest BCUT2D eigenvalue weighted by Gasteiger charge is -2.18. The number of thiazole rings is 1. The molecule has 0 amide bonds. The largest absolute Gasteiger partial charge is 0.316 e. The summed E-state index contributed by atoms with van der Waals surface area (Å²) in [6, 6.07) is 13.9. The summed E-state index contributed by atoms with van der Waals surface area (Å²) in [7, 11) is 1.91. The van der Waals surface area contributed by atoms with Gasteiger partial charge in [0.05, 0.1) is 22.0 Å². The predicted molar refractivity (Wildman–Crippen MR) is 139 cm³/mol. The SMILES string of the molecule is CCN(CC)CCCn1c(-c2cccs2)csc1=Nc1c(C)n(C)n(-c2ccccc2)c1=O. The van der Waals surface area contributed by atoms with Gasteiger partial charge < -0.3 is 9.47 Å². The molecule has 0 spiro atoms. The van der Waals surface area contributed by atoms with Crippen LogP contribution in [-0.4, -0.2) is 38.5 Å². The number of para-hydroxylation sites is 1. The van der Waals surface area contributed by atoms with Crippen LogP contribution >= 0.6 is 22.7 Å². The summed E-state index contributed by atoms with van der Waals surface area (Å²) in [4.78, 5) is 22.8. The molecule has 3 aromatic heterocycles. The third-order valence-corrected chi connectivity index (χ3v) is 7.81. The summed E-state index contributed by atoms with van der Waals surface area (Å²) in [5.74, 6) is 0. The Hall–Kier alpha value is -2.68. The van der Waals surface area contributed by atoms with E-state index >= 15 is 0 Å². The van der Waals surface area contributed by atoms with Gasteiger partial charge in [-0.15, -0.1) is 22.7 Å². The zero-order valence-electron chi connectivity index (χ0n) is 19.7. The second kappa shape index (κ2) is 10.5. The van der Waals surface area contributed by atoms with Gasteiger partial charge >= 0.3 is 0 Å². The predicted octanol–water partition coefficient (Wildman–Crippen LogP) is 5.04. The van der Waals surface area contributed by atoms with Crippen molar-refractivity contribution in [1.29, 1.82) is 0 Å². The van der Waals surface area contributed by atoms with E-state index < -0.39 is 0 Å². The van der Waals surface area contributed by atoms with Gasteiger partial charge in [-0.25, -0.2) is 9.67 Å². The van der Waals surface area contributed by atoms with E-state index in [1.165, 1.54) is 10.6 Å². The van der Waals surface area contributed by atoms with Crippen LogP contribution in [0.25, 0.3) is 16.3 Å². The molecule has 6 nitrogen and oxygen atoms in total. The highest BCUT2D eigenvalue weighted by Crippen LogP contribution is 2.26. The number of rotatable bonds is 9. The van der Waals surface area contributed by atoms with Crippen molar-refractivity contribution >= 4 is 28.4 Å². The lowest BCUT2D eigenvalue weighted by Crippen LogP contribution is -2.26. The van der Waals surface area contributed by atoms with Gasteiger partial charge in [0, 0.05) is 19.0 Å². The minimum Gasteiger partial charge on any atom is -0.316 e. The molecular formula is C25H31N5OS2. The second-order valence-electron chi connectivity index (χ2n) is 7.93. The first-order valence-electron chi connectivity index (χ1n) is 11.4. The maximum Gasteiger partial charge on any atom is 0.297 e. The average molecular weight is 482 g/mol. The van der Waals surface area contributed by atoms with E-state index in [1.807, 2.05) is 49.0 Å². The molecule has 0 saturated heterocycles. The Morgan fingerprint density at radius 1 is 1.03 bits per heavy atom. The molecule has 0 aliphatic rings. The van der Waals surface area contributed by atoms with Crippen LogP contribution < -0.4 is 10.4 Å². The van der Waals surface area contributed by atoms with Crippen LogP contribution in [0.2, 0.25) is 0 Å². The van der Waals surface area contributed by atoms with Gasteiger partial charge in [0.2, 0.25) is 0 Å². The first-order chi connectivity index (χ1) is 16.0. The first kappa shape index (κ1) is 23.5. The van der Waals surface area contributed by atoms with Crippen LogP contribution in [0.5, 0.6) is 0 Å². The molecule has 0 N–H and O–H groups in total. The zero-order chi connectivity index (χ0) is 23.4. The Bertz CT molecular complexity index is 1310. The summed E-state index contributed by atoms with van der Waals surface area (Å²) in [5, 5.41) is 4.26. The Morgan fingerprint density at radius 3 is 2.45 bits per heavy atom. The number of aromatic nitrogens is 3. The molecule has 0 atom stereocenters. The summed E-state index contributed by atoms with van der Waals surface area (Å²) < 4.78 is 5.85. The van der Waals surface area contributed by atoms with E-state index in [4.69, 9.17) is 4.99 Å². The van der Waals surface area contributed by atoms with E-state index in [9.17, 15) is 4.79 Å². The maximum atomic E-state index is 13.4. The topological polar surface area (TPSA) is 47.5 Å². The van der Waals surface area contributed by atoms with E-state index in [0.29, 0.717) is 5.69 Å². The second-order valence-corrected chi connectivity index (χ2v) is 9.72. The van der Waals surface area contributed by atoms with E-state index in [0.717, 1.165) is 48.8 Å². The number of hydrogen-bond acceptors (Lipinski definition) is 5. The fourth-order valence-electron chi connectivity index (χ4n) is 4.03. The highest BCUT2D eigenvalue weighted by atomic mass is 32.1. The molecule has 0 radical (unpaired) electrons. The molecule has 0 aliphatic carbocycles. The van der Waals surface area contributed by atoms with Crippen molar-refractivity contribution in [1.82, 2.24) is 18.8 Å². The van der Waals surface area contributed by atoms with Gasteiger partial charge in [0.1, 0.15) is 0 Å². The lowest BCUT2D eigenvalue weighted by atomic mass is 10.3. The van der Waals surface area contributed by atoms with Crippen molar-refractivity contribution < 1.29 is 0 Å². The number of hydrogen-bond donors (Lipinski definition) is 0. The quantitative estimate of drug-likeness (QED) is 0.336. The molecule has 0 fully saturated rings. The molecule has 0 aliphatic heterocycles. The fraction of sp³-hybridized carbons (Fsp3) is 0.360. The van der Waals surface area contributed by atoms with Gasteiger partial charge in [-0.1, -0.05) is 38.1 Å². The summed E-state index contributed by atoms with van der Waals surface area (Å²) in [6.45, 7) is 10.4. The summed E-state index contributed by atoms with van der Waals surface area (Å²) >= 11 is 3.33. The Labute approximate surface area is 202 Å². The van der Waals surface area contributed by atoms with Crippen LogP contribution in [0.3, 0.4) is 0 Å². The average Bonchev–Trinajstić information content (AvgIpc) is 3.54. The smallest absolute Gasteiger partial charge is 0.297 e. The van der Waals surface area contributed by atoms with E-state index in [2.05, 4.69) is 46.2 Å². The molecule has 0 unspecified atom stereocenters. The highest BCUT2D eigenvalue weighted by Gasteiger charge is 2.17. The summed E-state index contributed by atoms with van der Waals surface area (Å²) in [5.41, 5.74) is 3.27. The minimum atomic E-state index is -0.0954. The van der Waals surface area contributed by atoms with Crippen LogP contribution in [0.15, 0.2) is 63.0 Å². The van der Waals surface area contributed by atoms with Crippen molar-refractivity contribution in [3.8, 4) is 16.3 Å². The highest BCUT2D eigenvalue weighted by molar-refractivity contribution is 7.14. The van der Waals surface area contributed by atoms with Gasteiger partial charge in [0.15, 0.2) is 10.5 Å². The van der Waals surface area contributed by atoms with Crippen LogP contribution in [0.4, 0.5) is 5.69 Å². The van der Waals surface area contributed by atoms with E-state index in [1.54, 1.807) is 27.4 Å². The molecule has 174 valence electrons. The first-order valence-corrected chi connectivity index (χ1v) is 13.1. The fourth-order valence-corrected chi connectivity index (χ4v) is 5.79. The standard InChI is InChI=1S/C25H31N5OS2/c1-5-28(6-2)15-11-16-29-21(22-14-10-17-32-22)18-33-25(29)26-23-19(3)27(4)30(24(23)31)20-12-8-7-9-13-20/h7-10,12-14,17-18H,5-6,11,15-16H2,1-4H3. The molecule has 0 bridgehead atoms. The van der Waals surface area contributed by atoms with Crippen molar-refractivity contribution in [3.05, 3.63) is 74.1 Å². The normalized spacial score (nSPS) is 12.2. The lowest BCUT2D eigenvalue weighted by molar-refractivity contribution is 0.293. The Morgan fingerprint density at radius 2 is 1.79 bits per heavy atom. The van der Waals surface area contributed by atoms with Gasteiger partial charge in [-0.2, -0.15) is 0 Å². The molecule has 8 heteroatoms. The minimum absolute atomic E-state index is 0.0954. The van der Waals surface area contributed by atoms with Crippen LogP contribution in [-0.2, 0) is 13.6 Å². The molecule has 0 saturated carbocycles. The van der Waals surface area contributed by atoms with Crippen LogP contribution in [0.1, 0.15) is 26.0 Å². The summed E-state index contributed by atoms with van der Waals surface area (Å²) in [6.07, 6.45) is 1.03. The molecule has 3 heterocycles. The molecule has 1 aromatic carbocycles. The van der Waals surface area contributed by atoms with Crippen molar-refractivity contribution in [2.24, 2.45) is 12.0 Å². The van der Waals surface area contributed by atoms with Crippen LogP contribution in [0, 0.1) is 6.92 Å². The molecular weight excluding hydrogens is 450 g/mol. The Kier molecular flexibility index (Phi) is 7.47. The van der Waals surface area contributed by atoms with Gasteiger partial charge in [0.25, 0.3) is 5.56 Å². The Balaban J connectivity index is 1.78. The van der Waals surface area contributed by atoms with Crippen molar-refractivity contribution in [2.75, 3.05) is 19.6 Å². The number of thiophene rings is 1. The third kappa shape index (κ3) is 4.83. The molecule has 4 rings (SSSR count). The zero-order valence-corrected chi connectivity index (χ0v) is 21.3. The third-order valence-electron chi connectivity index (χ3n) is 6.05. The van der Waals surface area contributed by atoms with Crippen molar-refractivity contribution in [2.45, 2.75) is 33.7 Å². The molecule has 4 aromatic rings. The monoisotopic (exact) mass is 481 g/mol. The molecule has 33 heavy (non-hydrogen) atoms. The number of nitrogens with zero attached hydrogens (tertiary/aromatic N) is 5. The van der Waals surface area contributed by atoms with Gasteiger partial charge in [-0.3, -0.25) is 9.48 Å². The maximum absolute atomic E-state index is 13.4.